The first-order valence-electron chi connectivity index (χ1n) is 7.36. The summed E-state index contributed by atoms with van der Waals surface area (Å²) in [5.41, 5.74) is 1.24. The van der Waals surface area contributed by atoms with Crippen molar-refractivity contribution in [2.75, 3.05) is 32.8 Å². The van der Waals surface area contributed by atoms with Crippen LogP contribution in [0.3, 0.4) is 0 Å². The van der Waals surface area contributed by atoms with Crippen LogP contribution in [0.5, 0.6) is 11.5 Å². The van der Waals surface area contributed by atoms with Gasteiger partial charge >= 0.3 is 0 Å². The molecule has 0 aliphatic carbocycles. The quantitative estimate of drug-likeness (QED) is 0.863. The summed E-state index contributed by atoms with van der Waals surface area (Å²) in [6.45, 7) is 2.29. The van der Waals surface area contributed by atoms with E-state index in [9.17, 15) is 0 Å². The van der Waals surface area contributed by atoms with Gasteiger partial charge in [-0.15, -0.1) is 0 Å². The molecule has 21 heavy (non-hydrogen) atoms. The maximum absolute atomic E-state index is 5.41. The van der Waals surface area contributed by atoms with Gasteiger partial charge in [0.05, 0.1) is 14.2 Å². The summed E-state index contributed by atoms with van der Waals surface area (Å²) in [5.74, 6) is 4.19. The SMILES string of the molecule is CCC1SCCSC1C(NC)c1cc(OC)cc(OC)c1. The zero-order chi connectivity index (χ0) is 15.2. The Labute approximate surface area is 136 Å². The zero-order valence-electron chi connectivity index (χ0n) is 13.2. The summed E-state index contributed by atoms with van der Waals surface area (Å²) >= 11 is 4.19. The summed E-state index contributed by atoms with van der Waals surface area (Å²) in [5, 5.41) is 4.78. The fourth-order valence-electron chi connectivity index (χ4n) is 2.78. The molecular formula is C16H25NO2S2. The third-order valence-corrected chi connectivity index (χ3v) is 7.22. The van der Waals surface area contributed by atoms with Crippen LogP contribution >= 0.6 is 23.5 Å². The minimum absolute atomic E-state index is 0.316. The van der Waals surface area contributed by atoms with Gasteiger partial charge in [0.1, 0.15) is 11.5 Å². The van der Waals surface area contributed by atoms with Crippen molar-refractivity contribution in [2.24, 2.45) is 0 Å². The lowest BCUT2D eigenvalue weighted by molar-refractivity contribution is 0.391. The van der Waals surface area contributed by atoms with Crippen molar-refractivity contribution in [1.29, 1.82) is 0 Å². The van der Waals surface area contributed by atoms with Crippen LogP contribution in [0, 0.1) is 0 Å². The van der Waals surface area contributed by atoms with E-state index < -0.39 is 0 Å². The highest BCUT2D eigenvalue weighted by atomic mass is 32.2. The summed E-state index contributed by atoms with van der Waals surface area (Å²) in [6, 6.07) is 6.49. The maximum atomic E-state index is 5.41. The van der Waals surface area contributed by atoms with Crippen molar-refractivity contribution < 1.29 is 9.47 Å². The van der Waals surface area contributed by atoms with Gasteiger partial charge in [-0.2, -0.15) is 23.5 Å². The predicted molar refractivity (Wildman–Crippen MR) is 94.1 cm³/mol. The molecule has 3 nitrogen and oxygen atoms in total. The van der Waals surface area contributed by atoms with Gasteiger partial charge in [0.2, 0.25) is 0 Å². The van der Waals surface area contributed by atoms with Gasteiger partial charge in [-0.3, -0.25) is 0 Å². The van der Waals surface area contributed by atoms with Gasteiger partial charge < -0.3 is 14.8 Å². The smallest absolute Gasteiger partial charge is 0.122 e. The molecule has 1 fully saturated rings. The molecule has 0 saturated carbocycles. The molecule has 3 atom stereocenters. The molecule has 0 amide bonds. The van der Waals surface area contributed by atoms with Crippen LogP contribution in [0.4, 0.5) is 0 Å². The molecule has 0 aromatic heterocycles. The molecule has 3 unspecified atom stereocenters. The number of ether oxygens (including phenoxy) is 2. The minimum atomic E-state index is 0.316. The molecule has 1 N–H and O–H groups in total. The molecule has 2 rings (SSSR count). The lowest BCUT2D eigenvalue weighted by Crippen LogP contribution is -2.37. The second-order valence-electron chi connectivity index (χ2n) is 5.07. The molecule has 0 bridgehead atoms. The molecule has 1 aliphatic rings. The first-order valence-corrected chi connectivity index (χ1v) is 9.46. The average molecular weight is 328 g/mol. The summed E-state index contributed by atoms with van der Waals surface area (Å²) in [4.78, 5) is 0. The third-order valence-electron chi connectivity index (χ3n) is 3.87. The van der Waals surface area contributed by atoms with E-state index >= 15 is 0 Å². The van der Waals surface area contributed by atoms with Crippen LogP contribution in [-0.4, -0.2) is 43.3 Å². The highest BCUT2D eigenvalue weighted by molar-refractivity contribution is 8.07. The highest BCUT2D eigenvalue weighted by Crippen LogP contribution is 2.41. The van der Waals surface area contributed by atoms with E-state index in [4.69, 9.17) is 9.47 Å². The monoisotopic (exact) mass is 327 g/mol. The molecule has 0 spiro atoms. The van der Waals surface area contributed by atoms with Crippen molar-refractivity contribution in [1.82, 2.24) is 5.32 Å². The van der Waals surface area contributed by atoms with Crippen LogP contribution in [0.15, 0.2) is 18.2 Å². The van der Waals surface area contributed by atoms with Gasteiger partial charge in [-0.05, 0) is 31.2 Å². The van der Waals surface area contributed by atoms with Crippen LogP contribution in [0.2, 0.25) is 0 Å². The topological polar surface area (TPSA) is 30.5 Å². The van der Waals surface area contributed by atoms with Crippen LogP contribution in [0.1, 0.15) is 24.9 Å². The van der Waals surface area contributed by atoms with Gasteiger partial charge in [-0.25, -0.2) is 0 Å². The fraction of sp³-hybridized carbons (Fsp3) is 0.625. The number of hydrogen-bond donors (Lipinski definition) is 1. The molecule has 1 heterocycles. The van der Waals surface area contributed by atoms with E-state index in [0.717, 1.165) is 11.5 Å². The van der Waals surface area contributed by atoms with Crippen LogP contribution in [0.25, 0.3) is 0 Å². The summed E-state index contributed by atoms with van der Waals surface area (Å²) in [7, 11) is 5.45. The molecule has 1 aromatic carbocycles. The van der Waals surface area contributed by atoms with Gasteiger partial charge in [0, 0.05) is 34.1 Å². The number of thioether (sulfide) groups is 2. The second kappa shape index (κ2) is 8.20. The second-order valence-corrected chi connectivity index (χ2v) is 7.70. The Morgan fingerprint density at radius 1 is 1.14 bits per heavy atom. The Balaban J connectivity index is 2.31. The van der Waals surface area contributed by atoms with Crippen molar-refractivity contribution in [2.45, 2.75) is 29.9 Å². The largest absolute Gasteiger partial charge is 0.497 e. The molecule has 5 heteroatoms. The third kappa shape index (κ3) is 4.02. The number of hydrogen-bond acceptors (Lipinski definition) is 5. The van der Waals surface area contributed by atoms with Crippen molar-refractivity contribution >= 4 is 23.5 Å². The van der Waals surface area contributed by atoms with Crippen molar-refractivity contribution in [3.05, 3.63) is 23.8 Å². The first kappa shape index (κ1) is 16.8. The molecular weight excluding hydrogens is 302 g/mol. The van der Waals surface area contributed by atoms with E-state index in [1.54, 1.807) is 14.2 Å². The number of benzene rings is 1. The van der Waals surface area contributed by atoms with Gasteiger partial charge in [0.15, 0.2) is 0 Å². The average Bonchev–Trinajstić information content (AvgIpc) is 2.55. The molecule has 1 aromatic rings. The molecule has 118 valence electrons. The highest BCUT2D eigenvalue weighted by Gasteiger charge is 2.32. The predicted octanol–water partition coefficient (Wildman–Crippen LogP) is 3.59. The van der Waals surface area contributed by atoms with E-state index in [-0.39, 0.29) is 0 Å². The standard InChI is InChI=1S/C16H25NO2S2/c1-5-14-16(21-7-6-20-14)15(17-2)11-8-12(18-3)10-13(9-11)19-4/h8-10,14-17H,5-7H2,1-4H3. The normalized spacial score (nSPS) is 23.6. The lowest BCUT2D eigenvalue weighted by Gasteiger charge is -2.36. The minimum Gasteiger partial charge on any atom is -0.497 e. The van der Waals surface area contributed by atoms with Gasteiger partial charge in [0.25, 0.3) is 0 Å². The Morgan fingerprint density at radius 3 is 2.29 bits per heavy atom. The first-order chi connectivity index (χ1) is 10.2. The zero-order valence-corrected chi connectivity index (χ0v) is 14.9. The lowest BCUT2D eigenvalue weighted by atomic mass is 9.99. The summed E-state index contributed by atoms with van der Waals surface area (Å²) < 4.78 is 10.8. The Bertz CT molecular complexity index is 434. The van der Waals surface area contributed by atoms with Crippen molar-refractivity contribution in [3.63, 3.8) is 0 Å². The van der Waals surface area contributed by atoms with E-state index in [0.29, 0.717) is 16.5 Å². The Morgan fingerprint density at radius 2 is 1.76 bits per heavy atom. The van der Waals surface area contributed by atoms with E-state index in [2.05, 4.69) is 47.9 Å². The number of nitrogens with one attached hydrogen (secondary N) is 1. The Hall–Kier alpha value is -0.520. The molecule has 1 aliphatic heterocycles. The van der Waals surface area contributed by atoms with Crippen molar-refractivity contribution in [3.8, 4) is 11.5 Å². The fourth-order valence-corrected chi connectivity index (χ4v) is 6.07. The van der Waals surface area contributed by atoms with E-state index in [1.165, 1.54) is 23.5 Å². The van der Waals surface area contributed by atoms with Crippen LogP contribution in [-0.2, 0) is 0 Å². The maximum Gasteiger partial charge on any atom is 0.122 e. The number of methoxy groups -OCH3 is 2. The molecule has 1 saturated heterocycles. The van der Waals surface area contributed by atoms with Crippen LogP contribution < -0.4 is 14.8 Å². The Kier molecular flexibility index (Phi) is 6.58. The van der Waals surface area contributed by atoms with Gasteiger partial charge in [-0.1, -0.05) is 6.92 Å². The van der Waals surface area contributed by atoms with E-state index in [1.807, 2.05) is 13.1 Å². The number of rotatable bonds is 6. The molecule has 0 radical (unpaired) electrons. The summed E-state index contributed by atoms with van der Waals surface area (Å²) in [6.07, 6.45) is 1.21.